The topological polar surface area (TPSA) is 75.4 Å². The molecule has 0 unspecified atom stereocenters. The number of rotatable bonds is 3. The van der Waals surface area contributed by atoms with Gasteiger partial charge in [0.15, 0.2) is 0 Å². The number of halogens is 1. The van der Waals surface area contributed by atoms with Crippen LogP contribution in [0.25, 0.3) is 0 Å². The number of benzene rings is 1. The average molecular weight is 265 g/mol. The van der Waals surface area contributed by atoms with Crippen LogP contribution in [0.2, 0.25) is 0 Å². The van der Waals surface area contributed by atoms with Gasteiger partial charge in [-0.2, -0.15) is 0 Å². The second-order valence-electron chi connectivity index (χ2n) is 4.55. The summed E-state index contributed by atoms with van der Waals surface area (Å²) in [5, 5.41) is 0. The molecule has 1 heterocycles. The number of nitrogens with one attached hydrogen (secondary N) is 1. The highest BCUT2D eigenvalue weighted by molar-refractivity contribution is 5.93. The van der Waals surface area contributed by atoms with Crippen LogP contribution in [0, 0.1) is 5.82 Å². The second-order valence-corrected chi connectivity index (χ2v) is 4.55. The fourth-order valence-corrected chi connectivity index (χ4v) is 2.16. The number of hydrogen-bond acceptors (Lipinski definition) is 3. The number of amides is 2. The van der Waals surface area contributed by atoms with Gasteiger partial charge in [0.05, 0.1) is 0 Å². The Bertz CT molecular complexity index is 505. The molecule has 0 bridgehead atoms. The van der Waals surface area contributed by atoms with Crippen molar-refractivity contribution in [3.05, 3.63) is 35.1 Å². The largest absolute Gasteiger partial charge is 0.338 e. The normalized spacial score (nSPS) is 15.5. The Balaban J connectivity index is 2.18. The minimum absolute atomic E-state index is 0.0272. The summed E-state index contributed by atoms with van der Waals surface area (Å²) in [7, 11) is 0. The fourth-order valence-electron chi connectivity index (χ4n) is 2.16. The number of likely N-dealkylation sites (tertiary alicyclic amines) is 1. The molecule has 2 rings (SSSR count). The van der Waals surface area contributed by atoms with E-state index in [-0.39, 0.29) is 18.0 Å². The molecule has 1 aromatic carbocycles. The third-order valence-corrected chi connectivity index (χ3v) is 3.22. The van der Waals surface area contributed by atoms with E-state index < -0.39 is 11.7 Å². The zero-order valence-corrected chi connectivity index (χ0v) is 10.5. The molecule has 0 spiro atoms. The van der Waals surface area contributed by atoms with E-state index in [2.05, 4.69) is 0 Å². The van der Waals surface area contributed by atoms with E-state index in [0.717, 1.165) is 12.8 Å². The van der Waals surface area contributed by atoms with Gasteiger partial charge in [0.2, 0.25) is 5.91 Å². The molecular weight excluding hydrogens is 249 g/mol. The maximum absolute atomic E-state index is 13.7. The number of nitrogens with zero attached hydrogens (tertiary/aromatic N) is 1. The van der Waals surface area contributed by atoms with E-state index in [1.807, 2.05) is 5.43 Å². The quantitative estimate of drug-likeness (QED) is 0.485. The number of nitrogen functional groups attached to an aromatic ring is 1. The molecule has 5 nitrogen and oxygen atoms in total. The van der Waals surface area contributed by atoms with Crippen LogP contribution in [-0.2, 0) is 11.3 Å². The number of carbonyl (C=O) groups is 2. The third-order valence-electron chi connectivity index (χ3n) is 3.22. The molecule has 0 aromatic heterocycles. The van der Waals surface area contributed by atoms with Gasteiger partial charge in [-0.25, -0.2) is 10.2 Å². The van der Waals surface area contributed by atoms with E-state index >= 15 is 0 Å². The molecular formula is C13H16FN3O2. The SMILES string of the molecule is NNC(=O)c1ccc(F)c(CN2CCCCC2=O)c1. The van der Waals surface area contributed by atoms with E-state index in [9.17, 15) is 14.0 Å². The van der Waals surface area contributed by atoms with Gasteiger partial charge in [0.25, 0.3) is 5.91 Å². The minimum Gasteiger partial charge on any atom is -0.338 e. The summed E-state index contributed by atoms with van der Waals surface area (Å²) in [6, 6.07) is 4.01. The summed E-state index contributed by atoms with van der Waals surface area (Å²) in [6.07, 6.45) is 2.31. The van der Waals surface area contributed by atoms with Crippen molar-refractivity contribution in [1.82, 2.24) is 10.3 Å². The Morgan fingerprint density at radius 3 is 2.89 bits per heavy atom. The zero-order valence-electron chi connectivity index (χ0n) is 10.5. The van der Waals surface area contributed by atoms with Crippen molar-refractivity contribution in [2.45, 2.75) is 25.8 Å². The van der Waals surface area contributed by atoms with Gasteiger partial charge < -0.3 is 4.90 Å². The number of hydrogen-bond donors (Lipinski definition) is 2. The van der Waals surface area contributed by atoms with Gasteiger partial charge in [0, 0.05) is 30.6 Å². The molecule has 0 atom stereocenters. The highest BCUT2D eigenvalue weighted by atomic mass is 19.1. The molecule has 1 aliphatic rings. The number of piperidine rings is 1. The molecule has 0 saturated carbocycles. The van der Waals surface area contributed by atoms with Crippen LogP contribution >= 0.6 is 0 Å². The Hall–Kier alpha value is -1.95. The Labute approximate surface area is 110 Å². The van der Waals surface area contributed by atoms with Crippen LogP contribution in [0.5, 0.6) is 0 Å². The Morgan fingerprint density at radius 1 is 1.42 bits per heavy atom. The molecule has 2 amide bonds. The molecule has 0 radical (unpaired) electrons. The summed E-state index contributed by atoms with van der Waals surface area (Å²) < 4.78 is 13.7. The van der Waals surface area contributed by atoms with Crippen molar-refractivity contribution < 1.29 is 14.0 Å². The predicted molar refractivity (Wildman–Crippen MR) is 67.3 cm³/mol. The Morgan fingerprint density at radius 2 is 2.21 bits per heavy atom. The second kappa shape index (κ2) is 5.79. The van der Waals surface area contributed by atoms with Gasteiger partial charge in [-0.05, 0) is 31.0 Å². The van der Waals surface area contributed by atoms with Gasteiger partial charge in [-0.3, -0.25) is 15.0 Å². The first-order valence-electron chi connectivity index (χ1n) is 6.19. The molecule has 1 saturated heterocycles. The van der Waals surface area contributed by atoms with Crippen molar-refractivity contribution >= 4 is 11.8 Å². The van der Waals surface area contributed by atoms with Crippen LogP contribution in [0.1, 0.15) is 35.2 Å². The standard InChI is InChI=1S/C13H16FN3O2/c14-11-5-4-9(13(19)16-15)7-10(11)8-17-6-2-1-3-12(17)18/h4-5,7H,1-3,6,8,15H2,(H,16,19). The van der Waals surface area contributed by atoms with Crippen molar-refractivity contribution in [3.63, 3.8) is 0 Å². The van der Waals surface area contributed by atoms with Crippen molar-refractivity contribution in [3.8, 4) is 0 Å². The highest BCUT2D eigenvalue weighted by Crippen LogP contribution is 2.17. The summed E-state index contributed by atoms with van der Waals surface area (Å²) in [5.41, 5.74) is 2.61. The fraction of sp³-hybridized carbons (Fsp3) is 0.385. The smallest absolute Gasteiger partial charge is 0.265 e. The van der Waals surface area contributed by atoms with E-state index in [1.165, 1.54) is 18.2 Å². The average Bonchev–Trinajstić information content (AvgIpc) is 2.42. The van der Waals surface area contributed by atoms with Gasteiger partial charge >= 0.3 is 0 Å². The number of hydrazine groups is 1. The lowest BCUT2D eigenvalue weighted by Gasteiger charge is -2.27. The summed E-state index contributed by atoms with van der Waals surface area (Å²) in [4.78, 5) is 24.7. The van der Waals surface area contributed by atoms with Crippen LogP contribution in [0.15, 0.2) is 18.2 Å². The van der Waals surface area contributed by atoms with Crippen LogP contribution < -0.4 is 11.3 Å². The minimum atomic E-state index is -0.480. The molecule has 1 aromatic rings. The van der Waals surface area contributed by atoms with E-state index in [4.69, 9.17) is 5.84 Å². The van der Waals surface area contributed by atoms with Crippen LogP contribution in [-0.4, -0.2) is 23.3 Å². The molecule has 19 heavy (non-hydrogen) atoms. The first-order chi connectivity index (χ1) is 9.11. The zero-order chi connectivity index (χ0) is 13.8. The Kier molecular flexibility index (Phi) is 4.11. The number of nitrogens with two attached hydrogens (primary N) is 1. The molecule has 3 N–H and O–H groups in total. The predicted octanol–water partition coefficient (Wildman–Crippen LogP) is 0.942. The lowest BCUT2D eigenvalue weighted by molar-refractivity contribution is -0.133. The maximum atomic E-state index is 13.7. The molecule has 1 fully saturated rings. The summed E-state index contributed by atoms with van der Waals surface area (Å²) in [5.74, 6) is 4.16. The van der Waals surface area contributed by atoms with Crippen molar-refractivity contribution in [1.29, 1.82) is 0 Å². The molecule has 102 valence electrons. The van der Waals surface area contributed by atoms with Crippen molar-refractivity contribution in [2.75, 3.05) is 6.54 Å². The van der Waals surface area contributed by atoms with Crippen LogP contribution in [0.3, 0.4) is 0 Å². The lowest BCUT2D eigenvalue weighted by Crippen LogP contribution is -2.35. The van der Waals surface area contributed by atoms with Crippen LogP contribution in [0.4, 0.5) is 4.39 Å². The first kappa shape index (κ1) is 13.5. The molecule has 1 aliphatic heterocycles. The highest BCUT2D eigenvalue weighted by Gasteiger charge is 2.20. The lowest BCUT2D eigenvalue weighted by atomic mass is 10.1. The third kappa shape index (κ3) is 3.08. The molecule has 0 aliphatic carbocycles. The van der Waals surface area contributed by atoms with Gasteiger partial charge in [-0.15, -0.1) is 0 Å². The van der Waals surface area contributed by atoms with Gasteiger partial charge in [0.1, 0.15) is 5.82 Å². The maximum Gasteiger partial charge on any atom is 0.265 e. The van der Waals surface area contributed by atoms with Gasteiger partial charge in [-0.1, -0.05) is 0 Å². The van der Waals surface area contributed by atoms with E-state index in [1.54, 1.807) is 4.90 Å². The molecule has 6 heteroatoms. The number of carbonyl (C=O) groups excluding carboxylic acids is 2. The summed E-state index contributed by atoms with van der Waals surface area (Å²) >= 11 is 0. The van der Waals surface area contributed by atoms with Crippen molar-refractivity contribution in [2.24, 2.45) is 5.84 Å². The monoisotopic (exact) mass is 265 g/mol. The first-order valence-corrected chi connectivity index (χ1v) is 6.19. The summed E-state index contributed by atoms with van der Waals surface area (Å²) in [6.45, 7) is 0.821. The van der Waals surface area contributed by atoms with E-state index in [0.29, 0.717) is 18.5 Å².